The molecule has 0 heterocycles. The minimum Gasteiger partial charge on any atom is -0.479 e. The highest BCUT2D eigenvalue weighted by Gasteiger charge is 2.27. The molecule has 0 aliphatic rings. The molecule has 0 saturated carbocycles. The average Bonchev–Trinajstić information content (AvgIpc) is 2.27. The lowest BCUT2D eigenvalue weighted by atomic mass is 10.0. The Bertz CT molecular complexity index is 501. The zero-order chi connectivity index (χ0) is 13.2. The van der Waals surface area contributed by atoms with Crippen LogP contribution in [-0.4, -0.2) is 27.4 Å². The van der Waals surface area contributed by atoms with Gasteiger partial charge in [-0.15, -0.1) is 0 Å². The molecule has 0 saturated heterocycles. The van der Waals surface area contributed by atoms with Crippen LogP contribution in [0.15, 0.2) is 12.1 Å². The van der Waals surface area contributed by atoms with Crippen LogP contribution in [0.1, 0.15) is 22.0 Å². The fourth-order valence-corrected chi connectivity index (χ4v) is 1.19. The molecule has 0 aromatic heterocycles. The van der Waals surface area contributed by atoms with Crippen LogP contribution in [0.3, 0.4) is 0 Å². The van der Waals surface area contributed by atoms with Crippen molar-refractivity contribution < 1.29 is 29.1 Å². The summed E-state index contributed by atoms with van der Waals surface area (Å²) in [5.41, 5.74) is -2.19. The van der Waals surface area contributed by atoms with E-state index in [1.807, 2.05) is 0 Å². The number of nitro benzene ring substituents is 1. The van der Waals surface area contributed by atoms with Crippen LogP contribution in [-0.2, 0) is 4.79 Å². The molecule has 17 heavy (non-hydrogen) atoms. The van der Waals surface area contributed by atoms with Crippen LogP contribution >= 0.6 is 0 Å². The van der Waals surface area contributed by atoms with E-state index >= 15 is 0 Å². The maximum atomic E-state index is 13.5. The number of nitro groups is 1. The van der Waals surface area contributed by atoms with Gasteiger partial charge in [-0.25, -0.2) is 4.79 Å². The Kier molecular flexibility index (Phi) is 3.49. The topological polar surface area (TPSA) is 118 Å². The van der Waals surface area contributed by atoms with Crippen LogP contribution in [0.5, 0.6) is 0 Å². The number of nitrogens with zero attached hydrogens (tertiary/aromatic N) is 1. The molecule has 2 N–H and O–H groups in total. The van der Waals surface area contributed by atoms with Crippen molar-refractivity contribution >= 4 is 17.9 Å². The normalized spacial score (nSPS) is 11.9. The number of carbonyl (C=O) groups is 2. The summed E-state index contributed by atoms with van der Waals surface area (Å²) in [5.74, 6) is -3.25. The first kappa shape index (κ1) is 12.7. The number of aliphatic carboxylic acids is 1. The van der Waals surface area contributed by atoms with Crippen molar-refractivity contribution in [3.8, 4) is 0 Å². The van der Waals surface area contributed by atoms with E-state index in [1.54, 1.807) is 0 Å². The van der Waals surface area contributed by atoms with Crippen molar-refractivity contribution in [2.75, 3.05) is 0 Å². The standard InChI is InChI=1S/C9H6FNO6/c10-7-5(8(13)9(14)15)1-4(3-12)2-6(7)11(16)17/h1-3,8,13H,(H,14,15). The Labute approximate surface area is 93.3 Å². The molecule has 1 aromatic carbocycles. The van der Waals surface area contributed by atoms with E-state index in [2.05, 4.69) is 0 Å². The van der Waals surface area contributed by atoms with E-state index in [9.17, 15) is 24.1 Å². The number of aliphatic hydroxyl groups excluding tert-OH is 1. The molecule has 0 aliphatic heterocycles. The van der Waals surface area contributed by atoms with Crippen LogP contribution in [0.4, 0.5) is 10.1 Å². The molecule has 0 fully saturated rings. The smallest absolute Gasteiger partial charge is 0.337 e. The van der Waals surface area contributed by atoms with Crippen molar-refractivity contribution in [1.82, 2.24) is 0 Å². The predicted octanol–water partition coefficient (Wildman–Crippen LogP) is 0.664. The van der Waals surface area contributed by atoms with Gasteiger partial charge in [0.15, 0.2) is 6.10 Å². The molecule has 1 rings (SSSR count). The summed E-state index contributed by atoms with van der Waals surface area (Å²) in [4.78, 5) is 30.3. The number of carbonyl (C=O) groups excluding carboxylic acids is 1. The van der Waals surface area contributed by atoms with Crippen molar-refractivity contribution in [1.29, 1.82) is 0 Å². The van der Waals surface area contributed by atoms with E-state index in [1.165, 1.54) is 0 Å². The quantitative estimate of drug-likeness (QED) is 0.455. The largest absolute Gasteiger partial charge is 0.479 e. The lowest BCUT2D eigenvalue weighted by Gasteiger charge is -2.07. The molecule has 0 spiro atoms. The summed E-state index contributed by atoms with van der Waals surface area (Å²) >= 11 is 0. The second kappa shape index (κ2) is 4.66. The monoisotopic (exact) mass is 243 g/mol. The Morgan fingerprint density at radius 2 is 2.12 bits per heavy atom. The maximum Gasteiger partial charge on any atom is 0.337 e. The van der Waals surface area contributed by atoms with E-state index in [0.717, 1.165) is 6.07 Å². The summed E-state index contributed by atoms with van der Waals surface area (Å²) in [6.07, 6.45) is -2.08. The second-order valence-electron chi connectivity index (χ2n) is 3.06. The fraction of sp³-hybridized carbons (Fsp3) is 0.111. The van der Waals surface area contributed by atoms with Crippen molar-refractivity contribution in [3.63, 3.8) is 0 Å². The maximum absolute atomic E-state index is 13.5. The van der Waals surface area contributed by atoms with Crippen LogP contribution in [0, 0.1) is 15.9 Å². The van der Waals surface area contributed by atoms with Gasteiger partial charge in [-0.2, -0.15) is 4.39 Å². The first-order valence-electron chi connectivity index (χ1n) is 4.22. The number of halogens is 1. The van der Waals surface area contributed by atoms with Crippen molar-refractivity contribution in [2.24, 2.45) is 0 Å². The molecule has 1 aromatic rings. The van der Waals surface area contributed by atoms with Gasteiger partial charge in [-0.1, -0.05) is 0 Å². The minimum atomic E-state index is -2.27. The Hall–Kier alpha value is -2.35. The zero-order valence-corrected chi connectivity index (χ0v) is 8.16. The molecule has 90 valence electrons. The van der Waals surface area contributed by atoms with Crippen LogP contribution in [0.2, 0.25) is 0 Å². The molecular formula is C9H6FNO6. The predicted molar refractivity (Wildman–Crippen MR) is 51.0 cm³/mol. The van der Waals surface area contributed by atoms with E-state index in [4.69, 9.17) is 10.2 Å². The summed E-state index contributed by atoms with van der Waals surface area (Å²) in [7, 11) is 0. The number of aliphatic hydroxyl groups is 1. The third-order valence-electron chi connectivity index (χ3n) is 1.97. The summed E-state index contributed by atoms with van der Waals surface area (Å²) in [6, 6.07) is 1.40. The van der Waals surface area contributed by atoms with Crippen LogP contribution in [0.25, 0.3) is 0 Å². The van der Waals surface area contributed by atoms with Gasteiger partial charge in [-0.3, -0.25) is 14.9 Å². The molecule has 0 radical (unpaired) electrons. The number of carboxylic acid groups (broad SMARTS) is 1. The highest BCUT2D eigenvalue weighted by molar-refractivity contribution is 5.79. The minimum absolute atomic E-state index is 0.185. The van der Waals surface area contributed by atoms with Gasteiger partial charge in [-0.05, 0) is 6.07 Å². The van der Waals surface area contributed by atoms with E-state index < -0.39 is 34.1 Å². The number of carboxylic acids is 1. The second-order valence-corrected chi connectivity index (χ2v) is 3.06. The molecular weight excluding hydrogens is 237 g/mol. The first-order valence-corrected chi connectivity index (χ1v) is 4.22. The molecule has 7 nitrogen and oxygen atoms in total. The lowest BCUT2D eigenvalue weighted by molar-refractivity contribution is -0.387. The van der Waals surface area contributed by atoms with Gasteiger partial charge in [0.1, 0.15) is 6.29 Å². The van der Waals surface area contributed by atoms with Gasteiger partial charge in [0.2, 0.25) is 5.82 Å². The van der Waals surface area contributed by atoms with E-state index in [0.29, 0.717) is 6.07 Å². The Morgan fingerprint density at radius 1 is 1.53 bits per heavy atom. The van der Waals surface area contributed by atoms with Gasteiger partial charge in [0, 0.05) is 17.2 Å². The average molecular weight is 243 g/mol. The Morgan fingerprint density at radius 3 is 2.53 bits per heavy atom. The number of aldehydes is 1. The molecule has 1 atom stereocenters. The summed E-state index contributed by atoms with van der Waals surface area (Å²) in [5, 5.41) is 28.1. The van der Waals surface area contributed by atoms with Gasteiger partial charge in [0.25, 0.3) is 0 Å². The van der Waals surface area contributed by atoms with Gasteiger partial charge < -0.3 is 10.2 Å². The summed E-state index contributed by atoms with van der Waals surface area (Å²) in [6.45, 7) is 0. The number of benzene rings is 1. The van der Waals surface area contributed by atoms with Crippen molar-refractivity contribution in [2.45, 2.75) is 6.10 Å². The number of hydrogen-bond acceptors (Lipinski definition) is 5. The summed E-state index contributed by atoms with van der Waals surface area (Å²) < 4.78 is 13.5. The van der Waals surface area contributed by atoms with Gasteiger partial charge in [0.05, 0.1) is 4.92 Å². The highest BCUT2D eigenvalue weighted by Crippen LogP contribution is 2.27. The molecule has 0 aliphatic carbocycles. The fourth-order valence-electron chi connectivity index (χ4n) is 1.19. The van der Waals surface area contributed by atoms with E-state index in [-0.39, 0.29) is 11.8 Å². The zero-order valence-electron chi connectivity index (χ0n) is 8.16. The lowest BCUT2D eigenvalue weighted by Crippen LogP contribution is -2.13. The first-order chi connectivity index (χ1) is 7.88. The number of rotatable bonds is 4. The van der Waals surface area contributed by atoms with Crippen LogP contribution < -0.4 is 0 Å². The third kappa shape index (κ3) is 2.42. The number of hydrogen-bond donors (Lipinski definition) is 2. The van der Waals surface area contributed by atoms with Gasteiger partial charge >= 0.3 is 11.7 Å². The highest BCUT2D eigenvalue weighted by atomic mass is 19.1. The van der Waals surface area contributed by atoms with Crippen molar-refractivity contribution in [3.05, 3.63) is 39.2 Å². The molecule has 8 heteroatoms. The molecule has 0 bridgehead atoms. The molecule has 1 unspecified atom stereocenters. The SMILES string of the molecule is O=Cc1cc(C(O)C(=O)O)c(F)c([N+](=O)[O-])c1. The molecule has 0 amide bonds. The third-order valence-corrected chi connectivity index (χ3v) is 1.97. The Balaban J connectivity index is 3.49.